The maximum absolute atomic E-state index is 12.8. The monoisotopic (exact) mass is 433 g/mol. The van der Waals surface area contributed by atoms with Crippen molar-refractivity contribution in [2.24, 2.45) is 5.41 Å². The van der Waals surface area contributed by atoms with Crippen LogP contribution in [0.25, 0.3) is 0 Å². The highest BCUT2D eigenvalue weighted by molar-refractivity contribution is 7.82. The number of carbonyl (C=O) groups is 1. The summed E-state index contributed by atoms with van der Waals surface area (Å²) in [4.78, 5) is 14.5. The lowest BCUT2D eigenvalue weighted by Crippen LogP contribution is -2.51. The number of carbonyl (C=O) groups excluding carboxylic acids is 1. The average Bonchev–Trinajstić information content (AvgIpc) is 3.03. The number of rotatable bonds is 7. The fourth-order valence-electron chi connectivity index (χ4n) is 4.77. The number of allylic oxidation sites excluding steroid dienone is 1. The quantitative estimate of drug-likeness (QED) is 0.487. The molecule has 2 atom stereocenters. The number of likely N-dealkylation sites (N-methyl/N-ethyl adjacent to an activating group) is 1. The summed E-state index contributed by atoms with van der Waals surface area (Å²) in [5, 5.41) is 0. The minimum Gasteiger partial charge on any atom is -0.493 e. The van der Waals surface area contributed by atoms with Crippen LogP contribution in [-0.2, 0) is 14.9 Å². The van der Waals surface area contributed by atoms with Gasteiger partial charge >= 0.3 is 5.97 Å². The first-order valence-electron chi connectivity index (χ1n) is 10.8. The molecule has 0 radical (unpaired) electrons. The topological polar surface area (TPSA) is 48.0 Å². The van der Waals surface area contributed by atoms with Crippen molar-refractivity contribution in [3.8, 4) is 11.5 Å². The van der Waals surface area contributed by atoms with E-state index in [9.17, 15) is 4.79 Å². The molecule has 3 rings (SSSR count). The van der Waals surface area contributed by atoms with E-state index in [0.717, 1.165) is 43.7 Å². The van der Waals surface area contributed by atoms with Gasteiger partial charge in [0.1, 0.15) is 5.76 Å². The van der Waals surface area contributed by atoms with Gasteiger partial charge in [-0.2, -0.15) is 12.6 Å². The molecule has 0 amide bonds. The second-order valence-corrected chi connectivity index (χ2v) is 9.50. The minimum absolute atomic E-state index is 0.144. The van der Waals surface area contributed by atoms with Crippen molar-refractivity contribution in [3.63, 3.8) is 0 Å². The van der Waals surface area contributed by atoms with E-state index in [4.69, 9.17) is 26.8 Å². The van der Waals surface area contributed by atoms with E-state index in [-0.39, 0.29) is 11.4 Å². The number of esters is 1. The third-order valence-electron chi connectivity index (χ3n) is 7.53. The largest absolute Gasteiger partial charge is 0.493 e. The molecule has 1 heterocycles. The van der Waals surface area contributed by atoms with E-state index >= 15 is 0 Å². The van der Waals surface area contributed by atoms with Crippen LogP contribution >= 0.6 is 12.6 Å². The molecule has 1 aromatic carbocycles. The maximum atomic E-state index is 12.8. The summed E-state index contributed by atoms with van der Waals surface area (Å²) in [6, 6.07) is 6.14. The van der Waals surface area contributed by atoms with Crippen molar-refractivity contribution in [1.29, 1.82) is 0 Å². The Kier molecular flexibility index (Phi) is 6.49. The number of hydrogen-bond acceptors (Lipinski definition) is 6. The van der Waals surface area contributed by atoms with Crippen molar-refractivity contribution < 1.29 is 19.0 Å². The van der Waals surface area contributed by atoms with Crippen LogP contribution in [0.3, 0.4) is 0 Å². The van der Waals surface area contributed by atoms with E-state index < -0.39 is 10.3 Å². The first kappa shape index (κ1) is 23.0. The van der Waals surface area contributed by atoms with Crippen molar-refractivity contribution in [2.45, 2.75) is 63.2 Å². The zero-order chi connectivity index (χ0) is 22.2. The lowest BCUT2D eigenvalue weighted by molar-refractivity contribution is -0.151. The zero-order valence-electron chi connectivity index (χ0n) is 19.1. The fourth-order valence-corrected chi connectivity index (χ4v) is 5.36. The molecule has 1 saturated heterocycles. The summed E-state index contributed by atoms with van der Waals surface area (Å²) >= 11 is 5.20. The summed E-state index contributed by atoms with van der Waals surface area (Å²) < 4.78 is 16.9. The van der Waals surface area contributed by atoms with Crippen LogP contribution in [0.5, 0.6) is 11.5 Å². The Morgan fingerprint density at radius 2 is 1.83 bits per heavy atom. The van der Waals surface area contributed by atoms with Gasteiger partial charge in [-0.05, 0) is 63.4 Å². The molecular weight excluding hydrogens is 398 g/mol. The van der Waals surface area contributed by atoms with Crippen molar-refractivity contribution >= 4 is 18.6 Å². The van der Waals surface area contributed by atoms with Crippen LogP contribution in [0.1, 0.15) is 58.4 Å². The molecular formula is C24H35NO4S. The van der Waals surface area contributed by atoms with Crippen LogP contribution in [0, 0.1) is 5.41 Å². The molecule has 30 heavy (non-hydrogen) atoms. The third kappa shape index (κ3) is 3.52. The molecule has 1 aromatic rings. The number of nitrogens with zero attached hydrogens (tertiary/aromatic N) is 1. The van der Waals surface area contributed by atoms with E-state index in [2.05, 4.69) is 30.2 Å². The summed E-state index contributed by atoms with van der Waals surface area (Å²) in [6.07, 6.45) is 6.12. The Morgan fingerprint density at radius 1 is 1.17 bits per heavy atom. The standard InChI is InChI=1S/C24H35NO4S/c1-7-22(3,8-2)21(26)29-18-11-12-23(13-14-25(4)24(23,30)16-18)17-9-10-19(27-5)20(15-17)28-6/h9-10,15-16,30H,7-8,11-14H2,1-6H3/t23-,24+/m0/s1. The smallest absolute Gasteiger partial charge is 0.316 e. The molecule has 0 N–H and O–H groups in total. The van der Waals surface area contributed by atoms with Gasteiger partial charge in [-0.25, -0.2) is 0 Å². The Labute approximate surface area is 186 Å². The van der Waals surface area contributed by atoms with Gasteiger partial charge in [0, 0.05) is 18.4 Å². The van der Waals surface area contributed by atoms with Gasteiger partial charge in [-0.15, -0.1) is 0 Å². The van der Waals surface area contributed by atoms with Crippen molar-refractivity contribution in [1.82, 2.24) is 4.90 Å². The van der Waals surface area contributed by atoms with Crippen LogP contribution in [-0.4, -0.2) is 43.6 Å². The number of thiol groups is 1. The SMILES string of the molecule is CCC(C)(CC)C(=O)OC1=C[C@]2(S)N(C)CC[C@]2(c2ccc(OC)c(OC)c2)CC1. The Hall–Kier alpha value is -1.66. The maximum Gasteiger partial charge on any atom is 0.316 e. The van der Waals surface area contributed by atoms with E-state index in [1.165, 1.54) is 5.56 Å². The van der Waals surface area contributed by atoms with Gasteiger partial charge in [0.25, 0.3) is 0 Å². The van der Waals surface area contributed by atoms with Crippen molar-refractivity contribution in [2.75, 3.05) is 27.8 Å². The molecule has 2 aliphatic rings. The van der Waals surface area contributed by atoms with Gasteiger partial charge < -0.3 is 14.2 Å². The number of hydrogen-bond donors (Lipinski definition) is 1. The van der Waals surface area contributed by atoms with Crippen molar-refractivity contribution in [3.05, 3.63) is 35.6 Å². The van der Waals surface area contributed by atoms with Gasteiger partial charge in [0.2, 0.25) is 0 Å². The number of ether oxygens (including phenoxy) is 3. The van der Waals surface area contributed by atoms with E-state index in [1.807, 2.05) is 26.8 Å². The average molecular weight is 434 g/mol. The predicted molar refractivity (Wildman–Crippen MR) is 122 cm³/mol. The van der Waals surface area contributed by atoms with Gasteiger partial charge in [0.05, 0.1) is 24.5 Å². The summed E-state index contributed by atoms with van der Waals surface area (Å²) in [5.74, 6) is 2.02. The molecule has 0 unspecified atom stereocenters. The van der Waals surface area contributed by atoms with E-state index in [1.54, 1.807) is 14.2 Å². The number of likely N-dealkylation sites (tertiary alicyclic amines) is 1. The second kappa shape index (κ2) is 8.46. The molecule has 1 aliphatic heterocycles. The molecule has 166 valence electrons. The highest BCUT2D eigenvalue weighted by atomic mass is 32.1. The molecule has 5 nitrogen and oxygen atoms in total. The molecule has 1 aliphatic carbocycles. The molecule has 0 aromatic heterocycles. The highest BCUT2D eigenvalue weighted by Gasteiger charge is 2.58. The molecule has 1 fully saturated rings. The van der Waals surface area contributed by atoms with Gasteiger partial charge in [-0.3, -0.25) is 9.69 Å². The molecule has 6 heteroatoms. The molecule has 0 bridgehead atoms. The Bertz CT molecular complexity index is 834. The van der Waals surface area contributed by atoms with Gasteiger partial charge in [-0.1, -0.05) is 19.9 Å². The lowest BCUT2D eigenvalue weighted by atomic mass is 9.67. The Balaban J connectivity index is 1.98. The highest BCUT2D eigenvalue weighted by Crippen LogP contribution is 2.57. The molecule has 0 spiro atoms. The third-order valence-corrected chi connectivity index (χ3v) is 8.43. The van der Waals surface area contributed by atoms with Gasteiger partial charge in [0.15, 0.2) is 11.5 Å². The second-order valence-electron chi connectivity index (χ2n) is 8.82. The Morgan fingerprint density at radius 3 is 2.43 bits per heavy atom. The lowest BCUT2D eigenvalue weighted by Gasteiger charge is -2.47. The van der Waals surface area contributed by atoms with Crippen LogP contribution in [0.4, 0.5) is 0 Å². The minimum atomic E-state index is -0.546. The first-order chi connectivity index (χ1) is 14.2. The summed E-state index contributed by atoms with van der Waals surface area (Å²) in [5.41, 5.74) is 0.525. The summed E-state index contributed by atoms with van der Waals surface area (Å²) in [6.45, 7) is 6.96. The van der Waals surface area contributed by atoms with Crippen LogP contribution in [0.2, 0.25) is 0 Å². The normalized spacial score (nSPS) is 26.7. The predicted octanol–water partition coefficient (Wildman–Crippen LogP) is 4.95. The first-order valence-corrected chi connectivity index (χ1v) is 11.2. The number of benzene rings is 1. The number of methoxy groups -OCH3 is 2. The fraction of sp³-hybridized carbons (Fsp3) is 0.625. The van der Waals surface area contributed by atoms with Crippen LogP contribution < -0.4 is 9.47 Å². The van der Waals surface area contributed by atoms with Crippen LogP contribution in [0.15, 0.2) is 30.0 Å². The molecule has 0 saturated carbocycles. The zero-order valence-corrected chi connectivity index (χ0v) is 20.0. The van der Waals surface area contributed by atoms with E-state index in [0.29, 0.717) is 12.2 Å². The number of fused-ring (bicyclic) bond motifs is 1. The summed E-state index contributed by atoms with van der Waals surface area (Å²) in [7, 11) is 5.39.